The number of amides is 1. The zero-order chi connectivity index (χ0) is 10.8. The molecule has 0 spiro atoms. The number of hydrogen-bond acceptors (Lipinski definition) is 2. The average molecular weight is 204 g/mol. The van der Waals surface area contributed by atoms with Gasteiger partial charge in [-0.05, 0) is 24.1 Å². The number of carbonyl (C=O) groups is 1. The summed E-state index contributed by atoms with van der Waals surface area (Å²) in [5.74, 6) is 0.464. The normalized spacial score (nSPS) is 21.0. The van der Waals surface area contributed by atoms with Crippen molar-refractivity contribution in [1.82, 2.24) is 4.90 Å². The van der Waals surface area contributed by atoms with E-state index in [4.69, 9.17) is 5.73 Å². The van der Waals surface area contributed by atoms with Crippen molar-refractivity contribution < 1.29 is 4.79 Å². The molecule has 15 heavy (non-hydrogen) atoms. The first-order valence-electron chi connectivity index (χ1n) is 5.30. The fraction of sp³-hybridized carbons (Fsp3) is 0.417. The number of rotatable bonds is 2. The molecule has 0 aliphatic carbocycles. The van der Waals surface area contributed by atoms with Crippen LogP contribution < -0.4 is 5.73 Å². The van der Waals surface area contributed by atoms with E-state index in [1.54, 1.807) is 0 Å². The highest BCUT2D eigenvalue weighted by Gasteiger charge is 2.27. The number of nitrogens with zero attached hydrogens (tertiary/aromatic N) is 1. The van der Waals surface area contributed by atoms with Crippen LogP contribution >= 0.6 is 0 Å². The molecule has 1 aliphatic heterocycles. The quantitative estimate of drug-likeness (QED) is 0.744. The van der Waals surface area contributed by atoms with Gasteiger partial charge in [0.1, 0.15) is 0 Å². The van der Waals surface area contributed by atoms with Crippen LogP contribution in [0.15, 0.2) is 24.3 Å². The lowest BCUT2D eigenvalue weighted by atomic mass is 10.1. The molecule has 1 aromatic carbocycles. The van der Waals surface area contributed by atoms with E-state index >= 15 is 0 Å². The van der Waals surface area contributed by atoms with E-state index < -0.39 is 0 Å². The van der Waals surface area contributed by atoms with Gasteiger partial charge in [0.15, 0.2) is 0 Å². The topological polar surface area (TPSA) is 46.3 Å². The van der Waals surface area contributed by atoms with Crippen molar-refractivity contribution in [3.05, 3.63) is 29.8 Å². The van der Waals surface area contributed by atoms with Crippen LogP contribution in [0.2, 0.25) is 0 Å². The van der Waals surface area contributed by atoms with Gasteiger partial charge in [-0.2, -0.15) is 0 Å². The van der Waals surface area contributed by atoms with E-state index in [2.05, 4.69) is 0 Å². The van der Waals surface area contributed by atoms with Crippen molar-refractivity contribution in [3.63, 3.8) is 0 Å². The molecule has 2 N–H and O–H groups in total. The third kappa shape index (κ3) is 2.12. The summed E-state index contributed by atoms with van der Waals surface area (Å²) in [7, 11) is 0. The Labute approximate surface area is 89.9 Å². The fourth-order valence-corrected chi connectivity index (χ4v) is 1.90. The largest absolute Gasteiger partial charge is 0.399 e. The number of nitrogen functional groups attached to an aromatic ring is 1. The van der Waals surface area contributed by atoms with E-state index in [-0.39, 0.29) is 11.8 Å². The molecule has 0 radical (unpaired) electrons. The van der Waals surface area contributed by atoms with Crippen molar-refractivity contribution in [2.24, 2.45) is 5.92 Å². The maximum atomic E-state index is 11.7. The summed E-state index contributed by atoms with van der Waals surface area (Å²) in [5, 5.41) is 0. The molecule has 1 saturated heterocycles. The summed E-state index contributed by atoms with van der Waals surface area (Å²) in [5.41, 5.74) is 7.51. The van der Waals surface area contributed by atoms with Gasteiger partial charge in [0.25, 0.3) is 0 Å². The van der Waals surface area contributed by atoms with Gasteiger partial charge in [-0.15, -0.1) is 0 Å². The molecule has 80 valence electrons. The van der Waals surface area contributed by atoms with Gasteiger partial charge in [0, 0.05) is 24.7 Å². The lowest BCUT2D eigenvalue weighted by Gasteiger charge is -2.16. The lowest BCUT2D eigenvalue weighted by molar-refractivity contribution is -0.131. The monoisotopic (exact) mass is 204 g/mol. The molecule has 1 aliphatic rings. The highest BCUT2D eigenvalue weighted by atomic mass is 16.2. The third-order valence-electron chi connectivity index (χ3n) is 2.92. The summed E-state index contributed by atoms with van der Waals surface area (Å²) >= 11 is 0. The van der Waals surface area contributed by atoms with Crippen molar-refractivity contribution in [2.45, 2.75) is 19.9 Å². The van der Waals surface area contributed by atoms with Crippen molar-refractivity contribution in [3.8, 4) is 0 Å². The Morgan fingerprint density at radius 3 is 2.60 bits per heavy atom. The van der Waals surface area contributed by atoms with Crippen LogP contribution in [0.5, 0.6) is 0 Å². The second kappa shape index (κ2) is 3.93. The molecule has 1 aromatic rings. The third-order valence-corrected chi connectivity index (χ3v) is 2.92. The minimum Gasteiger partial charge on any atom is -0.399 e. The number of hydrogen-bond donors (Lipinski definition) is 1. The molecular formula is C12H16N2O. The summed E-state index contributed by atoms with van der Waals surface area (Å²) in [6, 6.07) is 7.70. The van der Waals surface area contributed by atoms with Gasteiger partial charge in [-0.3, -0.25) is 4.79 Å². The van der Waals surface area contributed by atoms with Crippen LogP contribution in [-0.2, 0) is 11.3 Å². The number of nitrogens with two attached hydrogens (primary N) is 1. The van der Waals surface area contributed by atoms with Crippen LogP contribution in [0.4, 0.5) is 5.69 Å². The molecule has 0 bridgehead atoms. The molecule has 3 nitrogen and oxygen atoms in total. The zero-order valence-corrected chi connectivity index (χ0v) is 8.94. The van der Waals surface area contributed by atoms with Gasteiger partial charge < -0.3 is 10.6 Å². The fourth-order valence-electron chi connectivity index (χ4n) is 1.90. The standard InChI is InChI=1S/C12H16N2O/c1-9-6-7-14(12(9)15)8-10-2-4-11(13)5-3-10/h2-5,9H,6-8,13H2,1H3. The molecule has 0 aromatic heterocycles. The van der Waals surface area contributed by atoms with Gasteiger partial charge in [0.2, 0.25) is 5.91 Å². The Kier molecular flexibility index (Phi) is 2.62. The van der Waals surface area contributed by atoms with Crippen molar-refractivity contribution in [1.29, 1.82) is 0 Å². The Morgan fingerprint density at radius 1 is 1.40 bits per heavy atom. The van der Waals surface area contributed by atoms with Crippen molar-refractivity contribution >= 4 is 11.6 Å². The average Bonchev–Trinajstić information content (AvgIpc) is 2.53. The summed E-state index contributed by atoms with van der Waals surface area (Å²) in [4.78, 5) is 13.6. The number of benzene rings is 1. The molecule has 3 heteroatoms. The Hall–Kier alpha value is -1.51. The molecule has 1 fully saturated rings. The van der Waals surface area contributed by atoms with Crippen LogP contribution in [0.1, 0.15) is 18.9 Å². The maximum absolute atomic E-state index is 11.7. The lowest BCUT2D eigenvalue weighted by Crippen LogP contribution is -2.26. The van der Waals surface area contributed by atoms with E-state index in [0.717, 1.165) is 24.2 Å². The van der Waals surface area contributed by atoms with Crippen LogP contribution in [0.25, 0.3) is 0 Å². The number of anilines is 1. The Morgan fingerprint density at radius 2 is 2.07 bits per heavy atom. The predicted octanol–water partition coefficient (Wildman–Crippen LogP) is 1.64. The Balaban J connectivity index is 2.03. The van der Waals surface area contributed by atoms with Gasteiger partial charge in [-0.25, -0.2) is 0 Å². The molecule has 1 unspecified atom stereocenters. The van der Waals surface area contributed by atoms with Crippen molar-refractivity contribution in [2.75, 3.05) is 12.3 Å². The second-order valence-corrected chi connectivity index (χ2v) is 4.19. The highest BCUT2D eigenvalue weighted by Crippen LogP contribution is 2.19. The van der Waals surface area contributed by atoms with Gasteiger partial charge in [0.05, 0.1) is 0 Å². The van der Waals surface area contributed by atoms with Crippen LogP contribution in [0, 0.1) is 5.92 Å². The zero-order valence-electron chi connectivity index (χ0n) is 8.94. The van der Waals surface area contributed by atoms with E-state index in [1.807, 2.05) is 36.1 Å². The van der Waals surface area contributed by atoms with Gasteiger partial charge >= 0.3 is 0 Å². The maximum Gasteiger partial charge on any atom is 0.225 e. The number of likely N-dealkylation sites (tertiary alicyclic amines) is 1. The highest BCUT2D eigenvalue weighted by molar-refractivity contribution is 5.80. The van der Waals surface area contributed by atoms with Crippen LogP contribution in [-0.4, -0.2) is 17.4 Å². The first kappa shape index (κ1) is 10.0. The molecule has 1 atom stereocenters. The predicted molar refractivity (Wildman–Crippen MR) is 60.1 cm³/mol. The minimum atomic E-state index is 0.193. The van der Waals surface area contributed by atoms with Crippen LogP contribution in [0.3, 0.4) is 0 Å². The minimum absolute atomic E-state index is 0.193. The SMILES string of the molecule is CC1CCN(Cc2ccc(N)cc2)C1=O. The smallest absolute Gasteiger partial charge is 0.225 e. The van der Waals surface area contributed by atoms with E-state index in [0.29, 0.717) is 6.54 Å². The Bertz CT molecular complexity index is 358. The molecule has 2 rings (SSSR count). The first-order chi connectivity index (χ1) is 7.16. The first-order valence-corrected chi connectivity index (χ1v) is 5.30. The summed E-state index contributed by atoms with van der Waals surface area (Å²) < 4.78 is 0. The molecule has 0 saturated carbocycles. The molecule has 1 heterocycles. The second-order valence-electron chi connectivity index (χ2n) is 4.19. The van der Waals surface area contributed by atoms with Gasteiger partial charge in [-0.1, -0.05) is 19.1 Å². The molecule has 1 amide bonds. The number of carbonyl (C=O) groups excluding carboxylic acids is 1. The van der Waals surface area contributed by atoms with E-state index in [9.17, 15) is 4.79 Å². The summed E-state index contributed by atoms with van der Waals surface area (Å²) in [6.45, 7) is 3.58. The van der Waals surface area contributed by atoms with E-state index in [1.165, 1.54) is 0 Å². The summed E-state index contributed by atoms with van der Waals surface area (Å²) in [6.07, 6.45) is 0.980. The molecular weight excluding hydrogens is 188 g/mol.